The number of hydrogen-bond donors (Lipinski definition) is 2. The van der Waals surface area contributed by atoms with E-state index in [9.17, 15) is 9.50 Å². The summed E-state index contributed by atoms with van der Waals surface area (Å²) in [5.74, 6) is 0.268. The number of fused-ring (bicyclic) bond motifs is 1. The lowest BCUT2D eigenvalue weighted by atomic mass is 10.0. The number of nitrogens with zero attached hydrogens (tertiary/aromatic N) is 2. The van der Waals surface area contributed by atoms with Crippen LogP contribution in [0.15, 0.2) is 54.7 Å². The summed E-state index contributed by atoms with van der Waals surface area (Å²) in [5, 5.41) is 13.5. The van der Waals surface area contributed by atoms with Crippen LogP contribution < -0.4 is 5.32 Å². The molecule has 0 aliphatic rings. The third kappa shape index (κ3) is 3.04. The maximum Gasteiger partial charge on any atom is 0.145 e. The van der Waals surface area contributed by atoms with Gasteiger partial charge in [-0.25, -0.2) is 9.37 Å². The molecule has 112 valence electrons. The van der Waals surface area contributed by atoms with Crippen molar-refractivity contribution in [2.24, 2.45) is 0 Å². The van der Waals surface area contributed by atoms with Crippen molar-refractivity contribution in [3.63, 3.8) is 0 Å². The monoisotopic (exact) mass is 297 g/mol. The Morgan fingerprint density at radius 2 is 1.73 bits per heavy atom. The van der Waals surface area contributed by atoms with Gasteiger partial charge in [-0.1, -0.05) is 24.3 Å². The van der Waals surface area contributed by atoms with Crippen molar-refractivity contribution in [3.05, 3.63) is 66.1 Å². The Morgan fingerprint density at radius 1 is 1.05 bits per heavy atom. The summed E-state index contributed by atoms with van der Waals surface area (Å²) >= 11 is 0. The average Bonchev–Trinajstić information content (AvgIpc) is 2.55. The Balaban J connectivity index is 1.77. The quantitative estimate of drug-likeness (QED) is 0.775. The Morgan fingerprint density at radius 3 is 2.45 bits per heavy atom. The molecule has 2 N–H and O–H groups in total. The van der Waals surface area contributed by atoms with Crippen LogP contribution in [0.25, 0.3) is 11.0 Å². The zero-order valence-electron chi connectivity index (χ0n) is 12.1. The number of para-hydroxylation sites is 2. The minimum atomic E-state index is -0.770. The molecule has 1 heterocycles. The maximum atomic E-state index is 12.9. The third-order valence-electron chi connectivity index (χ3n) is 3.51. The van der Waals surface area contributed by atoms with Crippen molar-refractivity contribution < 1.29 is 9.50 Å². The van der Waals surface area contributed by atoms with Crippen LogP contribution in [0.4, 0.5) is 10.2 Å². The molecule has 0 bridgehead atoms. The van der Waals surface area contributed by atoms with Crippen LogP contribution in [0.2, 0.25) is 0 Å². The summed E-state index contributed by atoms with van der Waals surface area (Å²) in [6.45, 7) is 1.84. The summed E-state index contributed by atoms with van der Waals surface area (Å²) in [5.41, 5.74) is 2.26. The van der Waals surface area contributed by atoms with E-state index in [-0.39, 0.29) is 11.9 Å². The molecule has 5 heteroatoms. The van der Waals surface area contributed by atoms with Crippen molar-refractivity contribution in [1.29, 1.82) is 0 Å². The van der Waals surface area contributed by atoms with Gasteiger partial charge in [0.25, 0.3) is 0 Å². The lowest BCUT2D eigenvalue weighted by Gasteiger charge is -2.21. The number of aromatic nitrogens is 2. The van der Waals surface area contributed by atoms with Gasteiger partial charge in [-0.05, 0) is 36.8 Å². The molecule has 0 spiro atoms. The van der Waals surface area contributed by atoms with Crippen LogP contribution in [0, 0.1) is 5.82 Å². The van der Waals surface area contributed by atoms with Gasteiger partial charge in [0.1, 0.15) is 11.6 Å². The number of halogens is 1. The molecular formula is C17H16FN3O. The van der Waals surface area contributed by atoms with E-state index in [4.69, 9.17) is 0 Å². The number of rotatable bonds is 4. The molecule has 3 aromatic rings. The van der Waals surface area contributed by atoms with Crippen LogP contribution in [0.3, 0.4) is 0 Å². The van der Waals surface area contributed by atoms with Crippen LogP contribution in [0.5, 0.6) is 0 Å². The first-order valence-corrected chi connectivity index (χ1v) is 7.05. The predicted molar refractivity (Wildman–Crippen MR) is 84.0 cm³/mol. The first kappa shape index (κ1) is 14.4. The normalized spacial score (nSPS) is 13.8. The molecule has 3 rings (SSSR count). The molecule has 0 amide bonds. The van der Waals surface area contributed by atoms with Gasteiger partial charge < -0.3 is 10.4 Å². The van der Waals surface area contributed by atoms with Gasteiger partial charge in [-0.2, -0.15) is 0 Å². The van der Waals surface area contributed by atoms with Crippen molar-refractivity contribution in [2.45, 2.75) is 19.1 Å². The van der Waals surface area contributed by atoms with E-state index in [0.29, 0.717) is 11.4 Å². The molecular weight excluding hydrogens is 281 g/mol. The second kappa shape index (κ2) is 6.07. The zero-order chi connectivity index (χ0) is 15.5. The molecule has 0 fully saturated rings. The third-order valence-corrected chi connectivity index (χ3v) is 3.51. The van der Waals surface area contributed by atoms with Crippen LogP contribution >= 0.6 is 0 Å². The molecule has 0 unspecified atom stereocenters. The first-order chi connectivity index (χ1) is 10.6. The van der Waals surface area contributed by atoms with Gasteiger partial charge in [0.15, 0.2) is 0 Å². The fraction of sp³-hybridized carbons (Fsp3) is 0.176. The van der Waals surface area contributed by atoms with E-state index in [2.05, 4.69) is 15.3 Å². The van der Waals surface area contributed by atoms with Gasteiger partial charge in [-0.3, -0.25) is 4.98 Å². The van der Waals surface area contributed by atoms with Crippen molar-refractivity contribution in [3.8, 4) is 0 Å². The SMILES string of the molecule is C[C@@H](Nc1cnc2ccccc2n1)[C@@H](O)c1ccc(F)cc1. The Kier molecular flexibility index (Phi) is 3.98. The second-order valence-electron chi connectivity index (χ2n) is 5.17. The fourth-order valence-electron chi connectivity index (χ4n) is 2.29. The molecule has 0 radical (unpaired) electrons. The average molecular weight is 297 g/mol. The van der Waals surface area contributed by atoms with Crippen LogP contribution in [0.1, 0.15) is 18.6 Å². The standard InChI is InChI=1S/C17H16FN3O/c1-11(17(22)12-6-8-13(18)9-7-12)20-16-10-19-14-4-2-3-5-15(14)21-16/h2-11,17,22H,1H3,(H,20,21)/t11-,17-/m1/s1. The Labute approximate surface area is 127 Å². The van der Waals surface area contributed by atoms with E-state index < -0.39 is 6.10 Å². The van der Waals surface area contributed by atoms with E-state index in [0.717, 1.165) is 11.0 Å². The fourth-order valence-corrected chi connectivity index (χ4v) is 2.29. The van der Waals surface area contributed by atoms with Crippen molar-refractivity contribution in [2.75, 3.05) is 5.32 Å². The van der Waals surface area contributed by atoms with E-state index in [1.807, 2.05) is 31.2 Å². The van der Waals surface area contributed by atoms with E-state index >= 15 is 0 Å². The zero-order valence-corrected chi connectivity index (χ0v) is 12.1. The smallest absolute Gasteiger partial charge is 0.145 e. The number of aliphatic hydroxyl groups excluding tert-OH is 1. The highest BCUT2D eigenvalue weighted by atomic mass is 19.1. The summed E-state index contributed by atoms with van der Waals surface area (Å²) in [4.78, 5) is 8.78. The molecule has 0 aliphatic heterocycles. The number of hydrogen-bond acceptors (Lipinski definition) is 4. The van der Waals surface area contributed by atoms with Crippen LogP contribution in [-0.2, 0) is 0 Å². The number of nitrogens with one attached hydrogen (secondary N) is 1. The van der Waals surface area contributed by atoms with Crippen molar-refractivity contribution >= 4 is 16.9 Å². The lowest BCUT2D eigenvalue weighted by molar-refractivity contribution is 0.160. The van der Waals surface area contributed by atoms with Gasteiger partial charge in [0.2, 0.25) is 0 Å². The molecule has 4 nitrogen and oxygen atoms in total. The summed E-state index contributed by atoms with van der Waals surface area (Å²) in [6.07, 6.45) is 0.866. The number of benzene rings is 2. The summed E-state index contributed by atoms with van der Waals surface area (Å²) in [7, 11) is 0. The highest BCUT2D eigenvalue weighted by molar-refractivity contribution is 5.75. The Bertz CT molecular complexity index is 776. The van der Waals surface area contributed by atoms with E-state index in [1.165, 1.54) is 12.1 Å². The van der Waals surface area contributed by atoms with Gasteiger partial charge in [-0.15, -0.1) is 0 Å². The Hall–Kier alpha value is -2.53. The largest absolute Gasteiger partial charge is 0.386 e. The topological polar surface area (TPSA) is 58.0 Å². The number of aliphatic hydroxyl groups is 1. The molecule has 0 aliphatic carbocycles. The summed E-state index contributed by atoms with van der Waals surface area (Å²) in [6, 6.07) is 13.1. The maximum absolute atomic E-state index is 12.9. The molecule has 22 heavy (non-hydrogen) atoms. The highest BCUT2D eigenvalue weighted by Gasteiger charge is 2.17. The number of anilines is 1. The van der Waals surface area contributed by atoms with Gasteiger partial charge >= 0.3 is 0 Å². The molecule has 1 aromatic heterocycles. The molecule has 2 aromatic carbocycles. The summed E-state index contributed by atoms with van der Waals surface area (Å²) < 4.78 is 12.9. The predicted octanol–water partition coefficient (Wildman–Crippen LogP) is 3.30. The highest BCUT2D eigenvalue weighted by Crippen LogP contribution is 2.20. The van der Waals surface area contributed by atoms with Crippen LogP contribution in [-0.4, -0.2) is 21.1 Å². The lowest BCUT2D eigenvalue weighted by Crippen LogP contribution is -2.24. The van der Waals surface area contributed by atoms with E-state index in [1.54, 1.807) is 18.3 Å². The second-order valence-corrected chi connectivity index (χ2v) is 5.17. The minimum Gasteiger partial charge on any atom is -0.386 e. The molecule has 2 atom stereocenters. The minimum absolute atomic E-state index is 0.291. The van der Waals surface area contributed by atoms with Crippen molar-refractivity contribution in [1.82, 2.24) is 9.97 Å². The first-order valence-electron chi connectivity index (χ1n) is 7.05. The van der Waals surface area contributed by atoms with Gasteiger partial charge in [0, 0.05) is 0 Å². The molecule has 0 saturated carbocycles. The van der Waals surface area contributed by atoms with Gasteiger partial charge in [0.05, 0.1) is 29.4 Å². The molecule has 0 saturated heterocycles.